The molecule has 4 heterocycles. The van der Waals surface area contributed by atoms with Crippen LogP contribution >= 0.6 is 0 Å². The molecule has 9 rings (SSSR count). The summed E-state index contributed by atoms with van der Waals surface area (Å²) in [6.07, 6.45) is 0. The Labute approximate surface area is 290 Å². The molecule has 0 radical (unpaired) electrons. The number of benzene rings is 5. The number of hydrogen-bond acceptors (Lipinski definition) is 8. The van der Waals surface area contributed by atoms with Crippen molar-refractivity contribution in [2.45, 2.75) is 38.9 Å². The molecule has 50 heavy (non-hydrogen) atoms. The van der Waals surface area contributed by atoms with Crippen molar-refractivity contribution in [2.24, 2.45) is 0 Å². The summed E-state index contributed by atoms with van der Waals surface area (Å²) in [6, 6.07) is 31.0. The van der Waals surface area contributed by atoms with E-state index in [1.54, 1.807) is 12.1 Å². The van der Waals surface area contributed by atoms with Crippen LogP contribution in [-0.2, 0) is 20.7 Å². The summed E-state index contributed by atoms with van der Waals surface area (Å²) in [7, 11) is 0. The Hall–Kier alpha value is -5.76. The second-order valence-electron chi connectivity index (χ2n) is 13.0. The third-order valence-electron chi connectivity index (χ3n) is 10.8. The number of ether oxygens (including phenoxy) is 4. The molecule has 250 valence electrons. The van der Waals surface area contributed by atoms with Gasteiger partial charge >= 0.3 is 11.9 Å². The van der Waals surface area contributed by atoms with Crippen LogP contribution in [0, 0.1) is 0 Å². The molecule has 0 bridgehead atoms. The van der Waals surface area contributed by atoms with E-state index >= 15 is 0 Å². The molecule has 5 aromatic carbocycles. The molecule has 0 saturated heterocycles. The Morgan fingerprint density at radius 1 is 0.460 bits per heavy atom. The topological polar surface area (TPSA) is 77.5 Å². The second-order valence-corrected chi connectivity index (χ2v) is 13.0. The van der Waals surface area contributed by atoms with Gasteiger partial charge in [0.05, 0.1) is 11.1 Å². The van der Waals surface area contributed by atoms with Gasteiger partial charge < -0.3 is 28.7 Å². The molecule has 0 N–H and O–H groups in total. The predicted molar refractivity (Wildman–Crippen MR) is 190 cm³/mol. The lowest BCUT2D eigenvalue weighted by molar-refractivity contribution is 0.0208. The summed E-state index contributed by atoms with van der Waals surface area (Å²) in [6.45, 7) is 11.8. The van der Waals surface area contributed by atoms with Gasteiger partial charge in [-0.2, -0.15) is 0 Å². The number of nitrogens with zero attached hydrogens (tertiary/aromatic N) is 2. The second kappa shape index (κ2) is 10.9. The zero-order chi connectivity index (χ0) is 34.4. The van der Waals surface area contributed by atoms with Crippen LogP contribution in [0.25, 0.3) is 0 Å². The van der Waals surface area contributed by atoms with E-state index in [0.29, 0.717) is 45.3 Å². The van der Waals surface area contributed by atoms with Crippen LogP contribution in [0.1, 0.15) is 81.8 Å². The van der Waals surface area contributed by atoms with Gasteiger partial charge in [-0.15, -0.1) is 0 Å². The molecule has 5 aromatic rings. The molecule has 2 spiro atoms. The van der Waals surface area contributed by atoms with Gasteiger partial charge in [-0.05, 0) is 70.2 Å². The van der Waals surface area contributed by atoms with Gasteiger partial charge in [0.1, 0.15) is 23.0 Å². The molecular formula is C42H36N2O6. The monoisotopic (exact) mass is 664 g/mol. The molecule has 0 amide bonds. The Bertz CT molecular complexity index is 2100. The van der Waals surface area contributed by atoms with E-state index in [-0.39, 0.29) is 0 Å². The van der Waals surface area contributed by atoms with E-state index in [1.807, 2.05) is 72.8 Å². The van der Waals surface area contributed by atoms with E-state index in [0.717, 1.165) is 59.8 Å². The number of esters is 2. The van der Waals surface area contributed by atoms with Crippen LogP contribution in [0.4, 0.5) is 11.4 Å². The third-order valence-corrected chi connectivity index (χ3v) is 10.8. The van der Waals surface area contributed by atoms with E-state index in [2.05, 4.69) is 49.6 Å². The Morgan fingerprint density at radius 2 is 0.860 bits per heavy atom. The zero-order valence-electron chi connectivity index (χ0n) is 28.4. The van der Waals surface area contributed by atoms with E-state index in [9.17, 15) is 9.59 Å². The largest absolute Gasteiger partial charge is 0.456 e. The molecule has 4 aliphatic heterocycles. The summed E-state index contributed by atoms with van der Waals surface area (Å²) >= 11 is 0. The SMILES string of the molecule is CCN(CC)c1ccc2c(c1)Oc1cc3c(cc1[C@@]21OC(=O)c2ccccc21)[C@@]1(OC(=O)c2ccccc21)c1ccc(N(CC)CC)cc1O3. The lowest BCUT2D eigenvalue weighted by atomic mass is 9.73. The first kappa shape index (κ1) is 30.3. The zero-order valence-corrected chi connectivity index (χ0v) is 28.4. The van der Waals surface area contributed by atoms with E-state index in [4.69, 9.17) is 18.9 Å². The molecule has 0 aromatic heterocycles. The van der Waals surface area contributed by atoms with Crippen molar-refractivity contribution in [3.63, 3.8) is 0 Å². The maximum Gasteiger partial charge on any atom is 0.340 e. The fourth-order valence-electron chi connectivity index (χ4n) is 8.39. The van der Waals surface area contributed by atoms with Crippen LogP contribution in [0.3, 0.4) is 0 Å². The quantitative estimate of drug-likeness (QED) is 0.167. The van der Waals surface area contributed by atoms with Gasteiger partial charge in [0.25, 0.3) is 0 Å². The van der Waals surface area contributed by atoms with Crippen molar-refractivity contribution in [3.8, 4) is 23.0 Å². The van der Waals surface area contributed by atoms with Crippen molar-refractivity contribution in [1.82, 2.24) is 0 Å². The summed E-state index contributed by atoms with van der Waals surface area (Å²) in [5.41, 5.74) is 4.52. The van der Waals surface area contributed by atoms with Gasteiger partial charge in [-0.3, -0.25) is 0 Å². The fourth-order valence-corrected chi connectivity index (χ4v) is 8.39. The molecule has 8 heteroatoms. The van der Waals surface area contributed by atoms with Crippen LogP contribution in [-0.4, -0.2) is 38.1 Å². The standard InChI is InChI=1S/C42H36N2O6/c1-5-43(6-2)25-17-19-31-35(21-25)47-37-24-38-34(23-33(37)41(31)29-15-11-9-13-27(29)39(45)49-41)42(30-16-12-10-14-28(30)40(46)50-42)32-20-18-26(22-36(32)48-38)44(7-3)8-4/h9-24H,5-8H2,1-4H3/t41-,42-/m0/s1. The van der Waals surface area contributed by atoms with Crippen LogP contribution < -0.4 is 19.3 Å². The first-order chi connectivity index (χ1) is 24.4. The minimum absolute atomic E-state index is 0.414. The third kappa shape index (κ3) is 3.87. The Morgan fingerprint density at radius 3 is 1.28 bits per heavy atom. The lowest BCUT2D eigenvalue weighted by Crippen LogP contribution is -2.37. The Balaban J connectivity index is 1.33. The first-order valence-electron chi connectivity index (χ1n) is 17.4. The Kier molecular flexibility index (Phi) is 6.59. The molecule has 0 aliphatic carbocycles. The van der Waals surface area contributed by atoms with Crippen LogP contribution in [0.15, 0.2) is 97.1 Å². The van der Waals surface area contributed by atoms with E-state index in [1.165, 1.54) is 0 Å². The maximum absolute atomic E-state index is 13.7. The summed E-state index contributed by atoms with van der Waals surface area (Å²) in [5.74, 6) is 1.35. The van der Waals surface area contributed by atoms with Crippen molar-refractivity contribution < 1.29 is 28.5 Å². The molecule has 0 unspecified atom stereocenters. The van der Waals surface area contributed by atoms with Crippen molar-refractivity contribution in [2.75, 3.05) is 36.0 Å². The number of anilines is 2. The number of fused-ring (bicyclic) bond motifs is 12. The number of carbonyl (C=O) groups is 2. The molecule has 0 saturated carbocycles. The number of hydrogen-bond donors (Lipinski definition) is 0. The van der Waals surface area contributed by atoms with E-state index < -0.39 is 23.1 Å². The fraction of sp³-hybridized carbons (Fsp3) is 0.238. The smallest absolute Gasteiger partial charge is 0.340 e. The van der Waals surface area contributed by atoms with Gasteiger partial charge in [0.2, 0.25) is 0 Å². The van der Waals surface area contributed by atoms with Gasteiger partial charge in [-0.1, -0.05) is 36.4 Å². The minimum Gasteiger partial charge on any atom is -0.456 e. The van der Waals surface area contributed by atoms with Crippen molar-refractivity contribution in [1.29, 1.82) is 0 Å². The molecular weight excluding hydrogens is 628 g/mol. The van der Waals surface area contributed by atoms with Crippen LogP contribution in [0.2, 0.25) is 0 Å². The highest BCUT2D eigenvalue weighted by atomic mass is 16.6. The predicted octanol–water partition coefficient (Wildman–Crippen LogP) is 8.52. The minimum atomic E-state index is -1.32. The molecule has 2 atom stereocenters. The van der Waals surface area contributed by atoms with Crippen LogP contribution in [0.5, 0.6) is 23.0 Å². The normalized spacial score (nSPS) is 20.0. The average Bonchev–Trinajstić information content (AvgIpc) is 3.60. The summed E-state index contributed by atoms with van der Waals surface area (Å²) < 4.78 is 26.6. The molecule has 4 aliphatic rings. The summed E-state index contributed by atoms with van der Waals surface area (Å²) in [5, 5.41) is 0. The maximum atomic E-state index is 13.7. The van der Waals surface area contributed by atoms with Crippen molar-refractivity contribution in [3.05, 3.63) is 142 Å². The van der Waals surface area contributed by atoms with Gasteiger partial charge in [-0.25, -0.2) is 9.59 Å². The first-order valence-corrected chi connectivity index (χ1v) is 17.4. The van der Waals surface area contributed by atoms with Gasteiger partial charge in [0, 0.05) is 89.1 Å². The van der Waals surface area contributed by atoms with Gasteiger partial charge in [0.15, 0.2) is 11.2 Å². The lowest BCUT2D eigenvalue weighted by Gasteiger charge is -2.41. The van der Waals surface area contributed by atoms with Crippen molar-refractivity contribution >= 4 is 23.3 Å². The highest BCUT2D eigenvalue weighted by Crippen LogP contribution is 2.62. The highest BCUT2D eigenvalue weighted by molar-refractivity contribution is 5.98. The average molecular weight is 665 g/mol. The molecule has 0 fully saturated rings. The highest BCUT2D eigenvalue weighted by Gasteiger charge is 2.58. The molecule has 8 nitrogen and oxygen atoms in total. The summed E-state index contributed by atoms with van der Waals surface area (Å²) in [4.78, 5) is 31.9. The number of rotatable bonds is 6. The number of carbonyl (C=O) groups excluding carboxylic acids is 2.